The SMILES string of the molecule is COc1ccc(-c2cnc(SCC(=O)NC(Cc3ccc(Br)c(Br)c3)C3CCCNC3)nc2)cc1OC. The second-order valence-electron chi connectivity index (χ2n) is 8.85. The van der Waals surface area contributed by atoms with Crippen molar-refractivity contribution < 1.29 is 14.3 Å². The van der Waals surface area contributed by atoms with Crippen LogP contribution in [0.25, 0.3) is 11.1 Å². The van der Waals surface area contributed by atoms with E-state index in [1.807, 2.05) is 24.3 Å². The van der Waals surface area contributed by atoms with Crippen molar-refractivity contribution >= 4 is 49.5 Å². The van der Waals surface area contributed by atoms with E-state index in [9.17, 15) is 4.79 Å². The molecule has 0 spiro atoms. The number of piperidine rings is 1. The molecule has 2 N–H and O–H groups in total. The maximum atomic E-state index is 12.9. The molecule has 0 bridgehead atoms. The van der Waals surface area contributed by atoms with Crippen LogP contribution in [0.5, 0.6) is 11.5 Å². The molecule has 1 fully saturated rings. The topological polar surface area (TPSA) is 85.4 Å². The van der Waals surface area contributed by atoms with Crippen LogP contribution in [0.15, 0.2) is 62.9 Å². The van der Waals surface area contributed by atoms with Crippen LogP contribution in [0.1, 0.15) is 18.4 Å². The molecule has 2 atom stereocenters. The number of ether oxygens (including phenoxy) is 2. The van der Waals surface area contributed by atoms with Gasteiger partial charge in [-0.15, -0.1) is 0 Å². The molecule has 1 aliphatic heterocycles. The van der Waals surface area contributed by atoms with E-state index in [1.165, 1.54) is 17.3 Å². The summed E-state index contributed by atoms with van der Waals surface area (Å²) < 4.78 is 12.7. The zero-order valence-corrected chi connectivity index (χ0v) is 24.8. The number of halogens is 2. The molecule has 10 heteroatoms. The van der Waals surface area contributed by atoms with Gasteiger partial charge in [0.1, 0.15) is 0 Å². The number of hydrogen-bond donors (Lipinski definition) is 2. The molecule has 0 aliphatic carbocycles. The van der Waals surface area contributed by atoms with E-state index >= 15 is 0 Å². The maximum absolute atomic E-state index is 12.9. The van der Waals surface area contributed by atoms with Crippen molar-refractivity contribution in [2.24, 2.45) is 5.92 Å². The van der Waals surface area contributed by atoms with Crippen molar-refractivity contribution in [2.75, 3.05) is 33.1 Å². The highest BCUT2D eigenvalue weighted by molar-refractivity contribution is 9.13. The van der Waals surface area contributed by atoms with Crippen molar-refractivity contribution in [2.45, 2.75) is 30.5 Å². The molecule has 0 saturated carbocycles. The highest BCUT2D eigenvalue weighted by Gasteiger charge is 2.25. The van der Waals surface area contributed by atoms with E-state index in [2.05, 4.69) is 64.6 Å². The highest BCUT2D eigenvalue weighted by Crippen LogP contribution is 2.32. The van der Waals surface area contributed by atoms with Crippen molar-refractivity contribution in [3.63, 3.8) is 0 Å². The van der Waals surface area contributed by atoms with Crippen LogP contribution in [-0.2, 0) is 11.2 Å². The van der Waals surface area contributed by atoms with Crippen LogP contribution in [0, 0.1) is 5.92 Å². The van der Waals surface area contributed by atoms with Crippen LogP contribution in [0.2, 0.25) is 0 Å². The lowest BCUT2D eigenvalue weighted by atomic mass is 9.87. The summed E-state index contributed by atoms with van der Waals surface area (Å²) in [6.45, 7) is 1.95. The van der Waals surface area contributed by atoms with Crippen molar-refractivity contribution in [1.29, 1.82) is 0 Å². The molecule has 196 valence electrons. The Labute approximate surface area is 238 Å². The fourth-order valence-corrected chi connectivity index (χ4v) is 5.68. The Hall–Kier alpha value is -2.14. The van der Waals surface area contributed by atoms with Gasteiger partial charge in [0.15, 0.2) is 16.7 Å². The largest absolute Gasteiger partial charge is 0.493 e. The first kappa shape index (κ1) is 27.9. The highest BCUT2D eigenvalue weighted by atomic mass is 79.9. The fourth-order valence-electron chi connectivity index (χ4n) is 4.41. The molecule has 2 unspecified atom stereocenters. The summed E-state index contributed by atoms with van der Waals surface area (Å²) in [7, 11) is 3.22. The molecule has 4 rings (SSSR count). The Morgan fingerprint density at radius 3 is 2.54 bits per heavy atom. The van der Waals surface area contributed by atoms with E-state index in [1.54, 1.807) is 26.6 Å². The lowest BCUT2D eigenvalue weighted by Crippen LogP contribution is -2.48. The predicted octanol–water partition coefficient (Wildman–Crippen LogP) is 5.51. The van der Waals surface area contributed by atoms with Gasteiger partial charge in [-0.05, 0) is 106 Å². The third-order valence-electron chi connectivity index (χ3n) is 6.37. The summed E-state index contributed by atoms with van der Waals surface area (Å²) >= 11 is 8.46. The number of nitrogens with one attached hydrogen (secondary N) is 2. The minimum atomic E-state index is -0.00989. The summed E-state index contributed by atoms with van der Waals surface area (Å²) in [5.74, 6) is 1.95. The number of hydrogen-bond acceptors (Lipinski definition) is 7. The number of benzene rings is 2. The Morgan fingerprint density at radius 1 is 1.08 bits per heavy atom. The number of carbonyl (C=O) groups is 1. The van der Waals surface area contributed by atoms with Gasteiger partial charge in [0.25, 0.3) is 0 Å². The third-order valence-corrected chi connectivity index (χ3v) is 9.12. The molecular formula is C27H30Br2N4O3S. The minimum Gasteiger partial charge on any atom is -0.493 e. The first-order valence-electron chi connectivity index (χ1n) is 12.1. The van der Waals surface area contributed by atoms with Crippen molar-refractivity contribution in [1.82, 2.24) is 20.6 Å². The first-order chi connectivity index (χ1) is 18.0. The van der Waals surface area contributed by atoms with Gasteiger partial charge >= 0.3 is 0 Å². The van der Waals surface area contributed by atoms with E-state index in [0.717, 1.165) is 52.4 Å². The maximum Gasteiger partial charge on any atom is 0.230 e. The monoisotopic (exact) mass is 648 g/mol. The Kier molecular flexibility index (Phi) is 10.2. The molecule has 37 heavy (non-hydrogen) atoms. The number of rotatable bonds is 10. The van der Waals surface area contributed by atoms with Gasteiger partial charge in [0.2, 0.25) is 5.91 Å². The molecule has 2 heterocycles. The lowest BCUT2D eigenvalue weighted by molar-refractivity contribution is -0.119. The second kappa shape index (κ2) is 13.6. The third kappa shape index (κ3) is 7.69. The van der Waals surface area contributed by atoms with Gasteiger partial charge in [-0.3, -0.25) is 4.79 Å². The summed E-state index contributed by atoms with van der Waals surface area (Å²) in [5, 5.41) is 7.33. The number of aromatic nitrogens is 2. The van der Waals surface area contributed by atoms with E-state index in [0.29, 0.717) is 22.6 Å². The first-order valence-corrected chi connectivity index (χ1v) is 14.6. The molecular weight excluding hydrogens is 620 g/mol. The summed E-state index contributed by atoms with van der Waals surface area (Å²) in [6, 6.07) is 12.0. The summed E-state index contributed by atoms with van der Waals surface area (Å²) in [6.07, 6.45) is 6.53. The van der Waals surface area contributed by atoms with Crippen LogP contribution in [0.3, 0.4) is 0 Å². The standard InChI is InChI=1S/C27H30Br2N4O3S/c1-35-24-8-6-18(12-25(24)36-2)20-14-31-27(32-15-20)37-16-26(34)33-23(19-4-3-9-30-13-19)11-17-5-7-21(28)22(29)10-17/h5-8,10,12,14-15,19,23,30H,3-4,9,11,13,16H2,1-2H3,(H,33,34). The Morgan fingerprint density at radius 2 is 1.86 bits per heavy atom. The average molecular weight is 650 g/mol. The number of carbonyl (C=O) groups excluding carboxylic acids is 1. The lowest BCUT2D eigenvalue weighted by Gasteiger charge is -2.31. The van der Waals surface area contributed by atoms with Gasteiger partial charge in [0.05, 0.1) is 20.0 Å². The zero-order chi connectivity index (χ0) is 26.2. The predicted molar refractivity (Wildman–Crippen MR) is 154 cm³/mol. The van der Waals surface area contributed by atoms with E-state index in [-0.39, 0.29) is 17.7 Å². The minimum absolute atomic E-state index is 0.00989. The molecule has 1 amide bonds. The number of thioether (sulfide) groups is 1. The van der Waals surface area contributed by atoms with Gasteiger partial charge in [0, 0.05) is 32.9 Å². The normalized spacial score (nSPS) is 16.2. The molecule has 1 aromatic heterocycles. The van der Waals surface area contributed by atoms with Gasteiger partial charge in [-0.1, -0.05) is 23.9 Å². The zero-order valence-electron chi connectivity index (χ0n) is 20.8. The van der Waals surface area contributed by atoms with E-state index in [4.69, 9.17) is 9.47 Å². The van der Waals surface area contributed by atoms with Crippen LogP contribution >= 0.6 is 43.6 Å². The van der Waals surface area contributed by atoms with Crippen molar-refractivity contribution in [3.05, 3.63) is 63.3 Å². The molecule has 2 aromatic carbocycles. The smallest absolute Gasteiger partial charge is 0.230 e. The molecule has 1 saturated heterocycles. The number of amides is 1. The number of methoxy groups -OCH3 is 2. The molecule has 7 nitrogen and oxygen atoms in total. The molecule has 0 radical (unpaired) electrons. The number of nitrogens with zero attached hydrogens (tertiary/aromatic N) is 2. The molecule has 3 aromatic rings. The van der Waals surface area contributed by atoms with Gasteiger partial charge in [-0.25, -0.2) is 9.97 Å². The van der Waals surface area contributed by atoms with Crippen molar-refractivity contribution in [3.8, 4) is 22.6 Å². The van der Waals surface area contributed by atoms with Gasteiger partial charge < -0.3 is 20.1 Å². The quantitative estimate of drug-likeness (QED) is 0.221. The van der Waals surface area contributed by atoms with E-state index < -0.39 is 0 Å². The average Bonchev–Trinajstić information content (AvgIpc) is 2.94. The summed E-state index contributed by atoms with van der Waals surface area (Å²) in [4.78, 5) is 21.9. The van der Waals surface area contributed by atoms with Crippen LogP contribution < -0.4 is 20.1 Å². The van der Waals surface area contributed by atoms with Crippen LogP contribution in [-0.4, -0.2) is 55.0 Å². The molecule has 1 aliphatic rings. The summed E-state index contributed by atoms with van der Waals surface area (Å²) in [5.41, 5.74) is 2.98. The van der Waals surface area contributed by atoms with Crippen LogP contribution in [0.4, 0.5) is 0 Å². The Balaban J connectivity index is 1.37. The second-order valence-corrected chi connectivity index (χ2v) is 11.5. The fraction of sp³-hybridized carbons (Fsp3) is 0.370. The van der Waals surface area contributed by atoms with Gasteiger partial charge in [-0.2, -0.15) is 0 Å². The Bertz CT molecular complexity index is 1210.